The van der Waals surface area contributed by atoms with E-state index in [1.54, 1.807) is 12.1 Å². The molecule has 0 spiro atoms. The van der Waals surface area contributed by atoms with E-state index in [4.69, 9.17) is 4.42 Å². The first-order valence-electron chi connectivity index (χ1n) is 5.92. The van der Waals surface area contributed by atoms with Crippen LogP contribution in [0.25, 0.3) is 11.3 Å². The molecular weight excluding hydrogens is 228 g/mol. The molecule has 1 aromatic heterocycles. The van der Waals surface area contributed by atoms with E-state index in [-0.39, 0.29) is 17.4 Å². The van der Waals surface area contributed by atoms with Gasteiger partial charge in [0.1, 0.15) is 11.5 Å². The number of aryl methyl sites for hydroxylation is 1. The Morgan fingerprint density at radius 2 is 1.94 bits per heavy atom. The van der Waals surface area contributed by atoms with Gasteiger partial charge in [-0.05, 0) is 36.1 Å². The molecule has 3 heteroatoms. The Bertz CT molecular complexity index is 579. The predicted octanol–water partition coefficient (Wildman–Crippen LogP) is 3.90. The molecule has 18 heavy (non-hydrogen) atoms. The van der Waals surface area contributed by atoms with Gasteiger partial charge in [0.2, 0.25) is 0 Å². The first kappa shape index (κ1) is 12.4. The van der Waals surface area contributed by atoms with Gasteiger partial charge in [0.15, 0.2) is 12.0 Å². The van der Waals surface area contributed by atoms with Crippen LogP contribution >= 0.6 is 0 Å². The molecule has 0 atom stereocenters. The van der Waals surface area contributed by atoms with Crippen molar-refractivity contribution in [1.82, 2.24) is 0 Å². The third kappa shape index (κ3) is 2.04. The zero-order valence-corrected chi connectivity index (χ0v) is 10.7. The van der Waals surface area contributed by atoms with Crippen LogP contribution in [0.1, 0.15) is 41.4 Å². The highest BCUT2D eigenvalue weighted by Gasteiger charge is 2.17. The normalized spacial score (nSPS) is 10.9. The second-order valence-corrected chi connectivity index (χ2v) is 4.67. The van der Waals surface area contributed by atoms with Crippen molar-refractivity contribution in [3.63, 3.8) is 0 Å². The summed E-state index contributed by atoms with van der Waals surface area (Å²) in [5.41, 5.74) is 2.46. The van der Waals surface area contributed by atoms with Crippen molar-refractivity contribution in [3.8, 4) is 17.1 Å². The molecule has 1 aromatic carbocycles. The lowest BCUT2D eigenvalue weighted by Gasteiger charge is -2.13. The van der Waals surface area contributed by atoms with Crippen LogP contribution in [-0.2, 0) is 0 Å². The van der Waals surface area contributed by atoms with Crippen molar-refractivity contribution in [1.29, 1.82) is 0 Å². The van der Waals surface area contributed by atoms with Gasteiger partial charge in [0.05, 0.1) is 5.56 Å². The number of benzene rings is 1. The molecule has 0 aliphatic heterocycles. The molecule has 0 saturated heterocycles. The molecule has 2 aromatic rings. The van der Waals surface area contributed by atoms with Crippen molar-refractivity contribution in [2.45, 2.75) is 26.7 Å². The van der Waals surface area contributed by atoms with Gasteiger partial charge in [0, 0.05) is 0 Å². The van der Waals surface area contributed by atoms with Gasteiger partial charge < -0.3 is 9.52 Å². The van der Waals surface area contributed by atoms with E-state index in [0.717, 1.165) is 11.1 Å². The Balaban J connectivity index is 2.62. The quantitative estimate of drug-likeness (QED) is 0.833. The number of rotatable bonds is 3. The molecule has 0 amide bonds. The summed E-state index contributed by atoms with van der Waals surface area (Å²) >= 11 is 0. The summed E-state index contributed by atoms with van der Waals surface area (Å²) in [7, 11) is 0. The highest BCUT2D eigenvalue weighted by Crippen LogP contribution is 2.38. The van der Waals surface area contributed by atoms with Gasteiger partial charge in [-0.1, -0.05) is 26.0 Å². The van der Waals surface area contributed by atoms with E-state index in [1.165, 1.54) is 0 Å². The summed E-state index contributed by atoms with van der Waals surface area (Å²) < 4.78 is 5.39. The van der Waals surface area contributed by atoms with E-state index < -0.39 is 0 Å². The predicted molar refractivity (Wildman–Crippen MR) is 70.0 cm³/mol. The van der Waals surface area contributed by atoms with Gasteiger partial charge >= 0.3 is 0 Å². The molecule has 0 unspecified atom stereocenters. The van der Waals surface area contributed by atoms with Crippen molar-refractivity contribution in [3.05, 3.63) is 41.2 Å². The highest BCUT2D eigenvalue weighted by molar-refractivity contribution is 5.76. The van der Waals surface area contributed by atoms with E-state index >= 15 is 0 Å². The van der Waals surface area contributed by atoms with Crippen molar-refractivity contribution < 1.29 is 14.3 Å². The Hall–Kier alpha value is -2.03. The standard InChI is InChI=1S/C15H16O3/c1-9(2)12-6-4-10(3)14(15(12)17)13-7-5-11(8-16)18-13/h4-9,17H,1-3H3. The summed E-state index contributed by atoms with van der Waals surface area (Å²) in [5.74, 6) is 1.25. The number of phenolic OH excluding ortho intramolecular Hbond substituents is 1. The molecular formula is C15H16O3. The molecule has 3 nitrogen and oxygen atoms in total. The molecule has 0 aliphatic rings. The number of carbonyl (C=O) groups is 1. The molecule has 0 aliphatic carbocycles. The molecule has 94 valence electrons. The summed E-state index contributed by atoms with van der Waals surface area (Å²) in [6.07, 6.45) is 0.655. The van der Waals surface area contributed by atoms with Crippen LogP contribution in [0, 0.1) is 6.92 Å². The monoisotopic (exact) mass is 244 g/mol. The first-order valence-corrected chi connectivity index (χ1v) is 5.92. The maximum atomic E-state index is 10.6. The second-order valence-electron chi connectivity index (χ2n) is 4.67. The van der Waals surface area contributed by atoms with Gasteiger partial charge in [-0.15, -0.1) is 0 Å². The molecule has 1 heterocycles. The fraction of sp³-hybridized carbons (Fsp3) is 0.267. The van der Waals surface area contributed by atoms with E-state index in [1.807, 2.05) is 32.9 Å². The minimum atomic E-state index is 0.227. The second kappa shape index (κ2) is 4.69. The SMILES string of the molecule is Cc1ccc(C(C)C)c(O)c1-c1ccc(C=O)o1. The molecule has 0 bridgehead atoms. The number of hydrogen-bond donors (Lipinski definition) is 1. The van der Waals surface area contributed by atoms with Crippen molar-refractivity contribution >= 4 is 6.29 Å². The number of furan rings is 1. The Kier molecular flexibility index (Phi) is 3.24. The van der Waals surface area contributed by atoms with Gasteiger partial charge in [-0.2, -0.15) is 0 Å². The Morgan fingerprint density at radius 1 is 1.22 bits per heavy atom. The summed E-state index contributed by atoms with van der Waals surface area (Å²) in [6.45, 7) is 5.95. The van der Waals surface area contributed by atoms with Crippen LogP contribution in [0.5, 0.6) is 5.75 Å². The lowest BCUT2D eigenvalue weighted by Crippen LogP contribution is -1.92. The summed E-state index contributed by atoms with van der Waals surface area (Å²) in [4.78, 5) is 10.6. The van der Waals surface area contributed by atoms with E-state index in [9.17, 15) is 9.90 Å². The lowest BCUT2D eigenvalue weighted by molar-refractivity contribution is 0.110. The Morgan fingerprint density at radius 3 is 2.50 bits per heavy atom. The smallest absolute Gasteiger partial charge is 0.185 e. The maximum Gasteiger partial charge on any atom is 0.185 e. The van der Waals surface area contributed by atoms with Crippen LogP contribution in [0.15, 0.2) is 28.7 Å². The molecule has 2 rings (SSSR count). The highest BCUT2D eigenvalue weighted by atomic mass is 16.3. The molecule has 0 saturated carbocycles. The third-order valence-corrected chi connectivity index (χ3v) is 3.03. The minimum Gasteiger partial charge on any atom is -0.507 e. The first-order chi connectivity index (χ1) is 8.54. The number of hydrogen-bond acceptors (Lipinski definition) is 3. The molecule has 0 radical (unpaired) electrons. The summed E-state index contributed by atoms with van der Waals surface area (Å²) in [5, 5.41) is 10.3. The average molecular weight is 244 g/mol. The maximum absolute atomic E-state index is 10.6. The summed E-state index contributed by atoms with van der Waals surface area (Å²) in [6, 6.07) is 7.18. The zero-order chi connectivity index (χ0) is 13.3. The number of phenols is 1. The van der Waals surface area contributed by atoms with Crippen molar-refractivity contribution in [2.75, 3.05) is 0 Å². The van der Waals surface area contributed by atoms with E-state index in [2.05, 4.69) is 0 Å². The number of carbonyl (C=O) groups excluding carboxylic acids is 1. The molecule has 0 fully saturated rings. The van der Waals surface area contributed by atoms with Gasteiger partial charge in [0.25, 0.3) is 0 Å². The fourth-order valence-electron chi connectivity index (χ4n) is 2.04. The number of aldehydes is 1. The largest absolute Gasteiger partial charge is 0.507 e. The van der Waals surface area contributed by atoms with Crippen LogP contribution < -0.4 is 0 Å². The van der Waals surface area contributed by atoms with Crippen LogP contribution in [0.2, 0.25) is 0 Å². The van der Waals surface area contributed by atoms with Gasteiger partial charge in [-0.25, -0.2) is 0 Å². The van der Waals surface area contributed by atoms with Crippen LogP contribution in [0.3, 0.4) is 0 Å². The molecule has 1 N–H and O–H groups in total. The van der Waals surface area contributed by atoms with E-state index in [0.29, 0.717) is 17.6 Å². The van der Waals surface area contributed by atoms with Gasteiger partial charge in [-0.3, -0.25) is 4.79 Å². The average Bonchev–Trinajstić information content (AvgIpc) is 2.77. The minimum absolute atomic E-state index is 0.227. The lowest BCUT2D eigenvalue weighted by atomic mass is 9.95. The zero-order valence-electron chi connectivity index (χ0n) is 10.7. The van der Waals surface area contributed by atoms with Crippen LogP contribution in [-0.4, -0.2) is 11.4 Å². The topological polar surface area (TPSA) is 50.4 Å². The van der Waals surface area contributed by atoms with Crippen LogP contribution in [0.4, 0.5) is 0 Å². The number of aromatic hydroxyl groups is 1. The Labute approximate surface area is 106 Å². The van der Waals surface area contributed by atoms with Crippen molar-refractivity contribution in [2.24, 2.45) is 0 Å². The third-order valence-electron chi connectivity index (χ3n) is 3.03. The fourth-order valence-corrected chi connectivity index (χ4v) is 2.04.